The second kappa shape index (κ2) is 13.4. The van der Waals surface area contributed by atoms with Crippen LogP contribution in [0.15, 0.2) is 67.4 Å². The summed E-state index contributed by atoms with van der Waals surface area (Å²) in [6.45, 7) is 6.10. The zero-order chi connectivity index (χ0) is 26.5. The van der Waals surface area contributed by atoms with Crippen molar-refractivity contribution in [2.24, 2.45) is 7.05 Å². The third-order valence-corrected chi connectivity index (χ3v) is 6.63. The molecule has 1 aromatic carbocycles. The number of carbonyl (C=O) groups excluding carboxylic acids is 1. The Hall–Kier alpha value is -2.89. The Labute approximate surface area is 271 Å². The fourth-order valence-corrected chi connectivity index (χ4v) is 4.57. The first kappa shape index (κ1) is 29.1. The maximum atomic E-state index is 12.9. The predicted molar refractivity (Wildman–Crippen MR) is 150 cm³/mol. The van der Waals surface area contributed by atoms with Crippen LogP contribution >= 0.6 is 0 Å². The van der Waals surface area contributed by atoms with Gasteiger partial charge in [-0.3, -0.25) is 9.48 Å². The van der Waals surface area contributed by atoms with Gasteiger partial charge in [0.05, 0.1) is 11.4 Å². The summed E-state index contributed by atoms with van der Waals surface area (Å²) in [6.07, 6.45) is 14.4. The van der Waals surface area contributed by atoms with Crippen LogP contribution in [0.25, 0.3) is 11.1 Å². The minimum Gasteiger partial charge on any atom is -0.560 e. The number of rotatable bonds is 9. The van der Waals surface area contributed by atoms with E-state index in [1.54, 1.807) is 17.1 Å². The molecule has 10 heteroatoms. The summed E-state index contributed by atoms with van der Waals surface area (Å²) in [4.78, 5) is 24.1. The van der Waals surface area contributed by atoms with Crippen molar-refractivity contribution in [1.29, 1.82) is 0 Å². The molecule has 1 aliphatic rings. The minimum atomic E-state index is -0.171. The SMILES string of the molecule is Cc1cc(C(=O)Nc2cccc(C(C)N[C-]=CNc3[cH-]c(-c4cnn(C)c4)cn3)c2)cnc1N1CCCC1.[K+]. The van der Waals surface area contributed by atoms with Gasteiger partial charge in [0, 0.05) is 44.3 Å². The number of aromatic nitrogens is 4. The van der Waals surface area contributed by atoms with E-state index in [0.29, 0.717) is 5.56 Å². The molecular formula is C29H32KN8O-. The van der Waals surface area contributed by atoms with Crippen molar-refractivity contribution in [2.45, 2.75) is 32.7 Å². The molecular weight excluding hydrogens is 515 g/mol. The van der Waals surface area contributed by atoms with E-state index in [0.717, 1.165) is 52.7 Å². The molecule has 196 valence electrons. The molecule has 0 bridgehead atoms. The third kappa shape index (κ3) is 7.40. The fraction of sp³-hybridized carbons (Fsp3) is 0.276. The van der Waals surface area contributed by atoms with Gasteiger partial charge in [-0.1, -0.05) is 23.9 Å². The molecule has 4 aromatic rings. The molecule has 1 fully saturated rings. The Balaban J connectivity index is 0.00000353. The van der Waals surface area contributed by atoms with Gasteiger partial charge in [0.2, 0.25) is 0 Å². The maximum Gasteiger partial charge on any atom is 1.00 e. The zero-order valence-electron chi connectivity index (χ0n) is 22.9. The van der Waals surface area contributed by atoms with E-state index in [1.165, 1.54) is 12.8 Å². The molecule has 1 amide bonds. The molecule has 1 aliphatic heterocycles. The fourth-order valence-electron chi connectivity index (χ4n) is 4.57. The largest absolute Gasteiger partial charge is 1.00 e. The van der Waals surface area contributed by atoms with Gasteiger partial charge in [-0.05, 0) is 62.2 Å². The van der Waals surface area contributed by atoms with Crippen LogP contribution in [0.2, 0.25) is 0 Å². The van der Waals surface area contributed by atoms with Crippen LogP contribution in [0.1, 0.15) is 47.3 Å². The standard InChI is InChI=1S/C29H32N8O.K/c1-20-13-24(17-33-28(20)37-11-4-5-12-37)29(38)35-26-8-6-7-22(14-26)21(2)30-9-10-31-27-15-23(16-32-27)25-18-34-36(3)19-25;/h6-8,10,13-19,21,30H,4-5,11-12H2,1-3H3,(H,31,32)(H,35,38);/q-2;+1. The van der Waals surface area contributed by atoms with Crippen molar-refractivity contribution < 1.29 is 56.2 Å². The van der Waals surface area contributed by atoms with Crippen LogP contribution < -0.4 is 72.2 Å². The van der Waals surface area contributed by atoms with Crippen LogP contribution in [-0.2, 0) is 7.05 Å². The van der Waals surface area contributed by atoms with Crippen molar-refractivity contribution in [1.82, 2.24) is 25.1 Å². The smallest absolute Gasteiger partial charge is 0.560 e. The number of hydrogen-bond donors (Lipinski definition) is 3. The topological polar surface area (TPSA) is 100 Å². The van der Waals surface area contributed by atoms with Crippen LogP contribution in [-0.4, -0.2) is 38.7 Å². The molecule has 0 saturated carbocycles. The summed E-state index contributed by atoms with van der Waals surface area (Å²) in [6, 6.07) is 11.6. The predicted octanol–water partition coefficient (Wildman–Crippen LogP) is 1.80. The summed E-state index contributed by atoms with van der Waals surface area (Å²) in [5.41, 5.74) is 5.35. The number of aryl methyl sites for hydroxylation is 2. The second-order valence-electron chi connectivity index (χ2n) is 9.58. The molecule has 39 heavy (non-hydrogen) atoms. The van der Waals surface area contributed by atoms with Gasteiger partial charge in [0.15, 0.2) is 0 Å². The van der Waals surface area contributed by atoms with Crippen molar-refractivity contribution >= 4 is 23.2 Å². The maximum absolute atomic E-state index is 12.9. The molecule has 4 heterocycles. The number of benzene rings is 1. The Bertz CT molecular complexity index is 1440. The van der Waals surface area contributed by atoms with Crippen molar-refractivity contribution in [3.05, 3.63) is 90.3 Å². The molecule has 5 rings (SSSR count). The Morgan fingerprint density at radius 1 is 1.15 bits per heavy atom. The van der Waals surface area contributed by atoms with Gasteiger partial charge >= 0.3 is 51.4 Å². The number of nitrogens with one attached hydrogen (secondary N) is 3. The number of carbonyl (C=O) groups is 1. The van der Waals surface area contributed by atoms with E-state index in [9.17, 15) is 4.79 Å². The van der Waals surface area contributed by atoms with E-state index >= 15 is 0 Å². The molecule has 0 aliphatic carbocycles. The molecule has 0 radical (unpaired) electrons. The molecule has 3 N–H and O–H groups in total. The van der Waals surface area contributed by atoms with Crippen molar-refractivity contribution in [3.8, 4) is 11.1 Å². The summed E-state index contributed by atoms with van der Waals surface area (Å²) >= 11 is 0. The second-order valence-corrected chi connectivity index (χ2v) is 9.58. The number of hydrogen-bond acceptors (Lipinski definition) is 7. The first-order valence-electron chi connectivity index (χ1n) is 12.8. The van der Waals surface area contributed by atoms with Crippen molar-refractivity contribution in [3.63, 3.8) is 0 Å². The van der Waals surface area contributed by atoms with Crippen molar-refractivity contribution in [2.75, 3.05) is 28.6 Å². The Kier molecular flexibility index (Phi) is 10.0. The van der Waals surface area contributed by atoms with Gasteiger partial charge in [0.1, 0.15) is 5.82 Å². The van der Waals surface area contributed by atoms with E-state index in [-0.39, 0.29) is 63.3 Å². The van der Waals surface area contributed by atoms with Gasteiger partial charge in [0.25, 0.3) is 5.91 Å². The summed E-state index contributed by atoms with van der Waals surface area (Å²) < 4.78 is 1.76. The minimum absolute atomic E-state index is 0. The molecule has 9 nitrogen and oxygen atoms in total. The summed E-state index contributed by atoms with van der Waals surface area (Å²) in [7, 11) is 1.89. The van der Waals surface area contributed by atoms with Gasteiger partial charge in [-0.15, -0.1) is 6.07 Å². The number of anilines is 3. The molecule has 0 spiro atoms. The van der Waals surface area contributed by atoms with Crippen LogP contribution in [0.4, 0.5) is 17.3 Å². The van der Waals surface area contributed by atoms with E-state index in [1.807, 2.05) is 75.9 Å². The molecule has 1 saturated heterocycles. The quantitative estimate of drug-likeness (QED) is 0.167. The first-order chi connectivity index (χ1) is 18.5. The molecule has 1 atom stereocenters. The zero-order valence-corrected chi connectivity index (χ0v) is 26.0. The number of nitrogens with zero attached hydrogens (tertiary/aromatic N) is 5. The van der Waals surface area contributed by atoms with E-state index in [2.05, 4.69) is 42.1 Å². The summed E-state index contributed by atoms with van der Waals surface area (Å²) in [5.74, 6) is 1.53. The van der Waals surface area contributed by atoms with E-state index < -0.39 is 0 Å². The van der Waals surface area contributed by atoms with Gasteiger partial charge in [-0.25, -0.2) is 4.98 Å². The monoisotopic (exact) mass is 547 g/mol. The van der Waals surface area contributed by atoms with Crippen LogP contribution in [0.3, 0.4) is 0 Å². The Morgan fingerprint density at radius 2 is 1.97 bits per heavy atom. The van der Waals surface area contributed by atoms with E-state index in [4.69, 9.17) is 0 Å². The van der Waals surface area contributed by atoms with Gasteiger partial charge < -0.3 is 32.0 Å². The summed E-state index contributed by atoms with van der Waals surface area (Å²) in [5, 5.41) is 13.5. The normalized spacial score (nSPS) is 13.8. The molecule has 3 aromatic heterocycles. The van der Waals surface area contributed by atoms with Crippen LogP contribution in [0.5, 0.6) is 0 Å². The Morgan fingerprint density at radius 3 is 2.72 bits per heavy atom. The molecule has 1 unspecified atom stereocenters. The third-order valence-electron chi connectivity index (χ3n) is 6.63. The first-order valence-corrected chi connectivity index (χ1v) is 12.8. The van der Waals surface area contributed by atoms with Crippen LogP contribution in [0, 0.1) is 13.1 Å². The average molecular weight is 548 g/mol. The number of pyridine rings is 1. The average Bonchev–Trinajstić information content (AvgIpc) is 3.69. The number of amides is 1. The van der Waals surface area contributed by atoms with Gasteiger partial charge in [-0.2, -0.15) is 16.9 Å².